The topological polar surface area (TPSA) is 185 Å². The molecule has 4 atom stereocenters. The molecule has 22 heteroatoms. The Labute approximate surface area is 383 Å². The second-order valence-corrected chi connectivity index (χ2v) is 17.4. The molecule has 336 valence electrons. The molecule has 65 heavy (non-hydrogen) atoms. The van der Waals surface area contributed by atoms with Gasteiger partial charge in [0.25, 0.3) is 17.4 Å². The molecule has 2 aliphatic heterocycles. The Bertz CT molecular complexity index is 3220. The second-order valence-electron chi connectivity index (χ2n) is 15.7. The highest BCUT2D eigenvalue weighted by Crippen LogP contribution is 2.63. The molecule has 6 aromatic rings. The van der Waals surface area contributed by atoms with E-state index < -0.39 is 74.6 Å². The number of nitrogens with one attached hydrogen (secondary N) is 1. The minimum Gasteiger partial charge on any atom is -0.508 e. The Hall–Kier alpha value is -6.38. The van der Waals surface area contributed by atoms with Crippen LogP contribution >= 0.6 is 39.1 Å². The van der Waals surface area contributed by atoms with Crippen LogP contribution in [0.3, 0.4) is 0 Å². The van der Waals surface area contributed by atoms with Crippen LogP contribution in [0.25, 0.3) is 11.0 Å². The standard InChI is InChI=1S/C43H34BrCl2F3N8O8/c1-53-31-18-34(65-3)33(64-2)17-29(31)51-28(38(53)60)11-12-54-40(62)55-13-10-24-30(57(55)41(54)63)16-26-37(59)56(52-36-27(46)14-21(19-50-36)43(47,48)49)39(61)42(26,20-4-7-23(45)8-5-20)35(24)25-15-22(44)6-9-32(25)58/h4-10,14-15,17-19,26,30,35,58H,11-13,16H2,1-3H3,(H,50,52). The third-order valence-electron chi connectivity index (χ3n) is 12.4. The molecular formula is C43H34BrCl2F3N8O8. The van der Waals surface area contributed by atoms with Crippen molar-refractivity contribution in [2.75, 3.05) is 19.6 Å². The fourth-order valence-corrected chi connectivity index (χ4v) is 10.2. The number of pyridine rings is 1. The van der Waals surface area contributed by atoms with Crippen molar-refractivity contribution in [1.29, 1.82) is 0 Å². The number of benzene rings is 3. The molecule has 0 bridgehead atoms. The van der Waals surface area contributed by atoms with Crippen molar-refractivity contribution in [2.45, 2.75) is 49.5 Å². The Morgan fingerprint density at radius 3 is 2.35 bits per heavy atom. The summed E-state index contributed by atoms with van der Waals surface area (Å²) in [5, 5.41) is 12.0. The number of hydrogen-bond donors (Lipinski definition) is 2. The van der Waals surface area contributed by atoms with Gasteiger partial charge in [0, 0.05) is 59.3 Å². The fraction of sp³-hybridized carbons (Fsp3) is 0.279. The maximum Gasteiger partial charge on any atom is 0.417 e. The van der Waals surface area contributed by atoms with Gasteiger partial charge in [-0.15, -0.1) is 0 Å². The average molecular weight is 999 g/mol. The summed E-state index contributed by atoms with van der Waals surface area (Å²) in [5.74, 6) is -4.25. The van der Waals surface area contributed by atoms with Crippen molar-refractivity contribution < 1.29 is 37.3 Å². The number of imide groups is 1. The van der Waals surface area contributed by atoms with Gasteiger partial charge in [-0.2, -0.15) is 18.2 Å². The largest absolute Gasteiger partial charge is 0.508 e. The van der Waals surface area contributed by atoms with Crippen LogP contribution in [0.5, 0.6) is 17.2 Å². The van der Waals surface area contributed by atoms with Gasteiger partial charge in [-0.3, -0.25) is 19.8 Å². The number of ether oxygens (including phenoxy) is 2. The summed E-state index contributed by atoms with van der Waals surface area (Å²) in [4.78, 5) is 81.1. The van der Waals surface area contributed by atoms with Gasteiger partial charge in [0.1, 0.15) is 11.4 Å². The molecule has 0 spiro atoms. The van der Waals surface area contributed by atoms with Gasteiger partial charge in [0.05, 0.1) is 59.8 Å². The Balaban J connectivity index is 1.17. The van der Waals surface area contributed by atoms with E-state index in [1.807, 2.05) is 0 Å². The van der Waals surface area contributed by atoms with E-state index in [9.17, 15) is 37.5 Å². The summed E-state index contributed by atoms with van der Waals surface area (Å²) in [7, 11) is 4.47. The Kier molecular flexibility index (Phi) is 10.8. The van der Waals surface area contributed by atoms with Crippen LogP contribution in [0.4, 0.5) is 19.0 Å². The number of methoxy groups -OCH3 is 2. The highest BCUT2D eigenvalue weighted by atomic mass is 79.9. The molecule has 3 aromatic carbocycles. The highest BCUT2D eigenvalue weighted by molar-refractivity contribution is 9.10. The first kappa shape index (κ1) is 43.9. The molecule has 1 aliphatic carbocycles. The Morgan fingerprint density at radius 2 is 1.68 bits per heavy atom. The minimum atomic E-state index is -4.79. The monoisotopic (exact) mass is 996 g/mol. The maximum absolute atomic E-state index is 15.4. The lowest BCUT2D eigenvalue weighted by Crippen LogP contribution is -2.53. The van der Waals surface area contributed by atoms with Crippen molar-refractivity contribution in [3.05, 3.63) is 147 Å². The first-order chi connectivity index (χ1) is 30.9. The number of allylic oxidation sites excluding steroid dienone is 2. The van der Waals surface area contributed by atoms with Crippen molar-refractivity contribution in [3.8, 4) is 17.2 Å². The molecule has 2 amide bonds. The predicted molar refractivity (Wildman–Crippen MR) is 233 cm³/mol. The van der Waals surface area contributed by atoms with Gasteiger partial charge >= 0.3 is 17.6 Å². The lowest BCUT2D eigenvalue weighted by molar-refractivity contribution is -0.139. The molecule has 0 radical (unpaired) electrons. The van der Waals surface area contributed by atoms with Crippen molar-refractivity contribution in [3.63, 3.8) is 0 Å². The van der Waals surface area contributed by atoms with Gasteiger partial charge in [-0.1, -0.05) is 57.3 Å². The summed E-state index contributed by atoms with van der Waals surface area (Å²) in [6.07, 6.45) is -3.00. The van der Waals surface area contributed by atoms with E-state index in [-0.39, 0.29) is 48.5 Å². The number of amides is 2. The van der Waals surface area contributed by atoms with Gasteiger partial charge in [-0.05, 0) is 54.0 Å². The second kappa shape index (κ2) is 15.9. The SMILES string of the molecule is COc1cc2nc(CCn3c(=O)n4n(c3=O)C3CC5C(=O)N(Nc6ncc(C(F)(F)F)cc6Cl)C(=O)C5(c5ccc(Cl)cc5)C(c5cc(Br)ccc5O)C3=CC4)c(=O)n(C)c2cc1OC. The number of phenols is 1. The number of hydrazine groups is 1. The van der Waals surface area contributed by atoms with Crippen molar-refractivity contribution >= 4 is 67.8 Å². The fourth-order valence-electron chi connectivity index (χ4n) is 9.47. The average Bonchev–Trinajstić information content (AvgIpc) is 3.65. The number of rotatable bonds is 9. The molecule has 1 saturated heterocycles. The number of carbonyl (C=O) groups is 2. The number of aryl methyl sites for hydroxylation is 2. The number of anilines is 1. The van der Waals surface area contributed by atoms with E-state index in [4.69, 9.17) is 32.7 Å². The normalized spacial score (nSPS) is 20.4. The highest BCUT2D eigenvalue weighted by Gasteiger charge is 2.69. The van der Waals surface area contributed by atoms with Crippen LogP contribution in [-0.4, -0.2) is 64.6 Å². The number of fused-ring (bicyclic) bond motifs is 5. The molecule has 16 nitrogen and oxygen atoms in total. The molecule has 3 aromatic heterocycles. The van der Waals surface area contributed by atoms with Crippen molar-refractivity contribution in [2.24, 2.45) is 13.0 Å². The third kappa shape index (κ3) is 6.82. The van der Waals surface area contributed by atoms with Crippen LogP contribution in [-0.2, 0) is 47.7 Å². The van der Waals surface area contributed by atoms with Gasteiger partial charge in [-0.25, -0.2) is 33.5 Å². The smallest absolute Gasteiger partial charge is 0.417 e. The lowest BCUT2D eigenvalue weighted by atomic mass is 9.53. The number of aromatic nitrogens is 6. The zero-order chi connectivity index (χ0) is 46.4. The van der Waals surface area contributed by atoms with E-state index in [1.54, 1.807) is 49.5 Å². The lowest BCUT2D eigenvalue weighted by Gasteiger charge is -2.49. The molecular weight excluding hydrogens is 964 g/mol. The zero-order valence-corrected chi connectivity index (χ0v) is 37.3. The number of hydrogen-bond acceptors (Lipinski definition) is 11. The van der Waals surface area contributed by atoms with Crippen LogP contribution in [0.15, 0.2) is 97.4 Å². The molecule has 2 fully saturated rings. The van der Waals surface area contributed by atoms with E-state index >= 15 is 4.79 Å². The molecule has 4 unspecified atom stereocenters. The molecule has 9 rings (SSSR count). The number of alkyl halides is 3. The molecule has 2 N–H and O–H groups in total. The van der Waals surface area contributed by atoms with Crippen LogP contribution in [0.1, 0.15) is 40.8 Å². The van der Waals surface area contributed by atoms with Crippen molar-refractivity contribution in [1.82, 2.24) is 33.5 Å². The zero-order valence-electron chi connectivity index (χ0n) is 34.2. The van der Waals surface area contributed by atoms with Crippen LogP contribution in [0, 0.1) is 5.92 Å². The quantitative estimate of drug-likeness (QED) is 0.126. The molecule has 1 saturated carbocycles. The van der Waals surface area contributed by atoms with E-state index in [2.05, 4.69) is 31.3 Å². The summed E-state index contributed by atoms with van der Waals surface area (Å²) < 4.78 is 56.8. The number of nitrogens with zero attached hydrogens (tertiary/aromatic N) is 7. The van der Waals surface area contributed by atoms with Gasteiger partial charge < -0.3 is 19.1 Å². The van der Waals surface area contributed by atoms with E-state index in [0.29, 0.717) is 54.9 Å². The number of phenolic OH excluding ortho intramolecular Hbond substituents is 1. The summed E-state index contributed by atoms with van der Waals surface area (Å²) >= 11 is 16.1. The predicted octanol–water partition coefficient (Wildman–Crippen LogP) is 6.13. The van der Waals surface area contributed by atoms with Crippen LogP contribution < -0.4 is 31.8 Å². The number of aromatic hydroxyl groups is 1. The van der Waals surface area contributed by atoms with Gasteiger partial charge in [0.2, 0.25) is 0 Å². The number of halogens is 6. The Morgan fingerprint density at radius 1 is 0.969 bits per heavy atom. The first-order valence-corrected chi connectivity index (χ1v) is 21.3. The molecule has 5 heterocycles. The molecule has 3 aliphatic rings. The minimum absolute atomic E-state index is 0.0624. The number of carbonyl (C=O) groups excluding carboxylic acids is 2. The van der Waals surface area contributed by atoms with Crippen LogP contribution in [0.2, 0.25) is 10.0 Å². The maximum atomic E-state index is 15.4. The summed E-state index contributed by atoms with van der Waals surface area (Å²) in [6, 6.07) is 13.5. The third-order valence-corrected chi connectivity index (χ3v) is 13.5. The summed E-state index contributed by atoms with van der Waals surface area (Å²) in [6.45, 7) is -0.440. The first-order valence-electron chi connectivity index (χ1n) is 19.8. The van der Waals surface area contributed by atoms with E-state index in [1.165, 1.54) is 46.3 Å². The summed E-state index contributed by atoms with van der Waals surface area (Å²) in [5.41, 5.74) is -0.670. The van der Waals surface area contributed by atoms with Gasteiger partial charge in [0.15, 0.2) is 17.3 Å². The van der Waals surface area contributed by atoms with E-state index in [0.717, 1.165) is 4.57 Å².